The molecule has 0 bridgehead atoms. The molecule has 12 heteroatoms. The van der Waals surface area contributed by atoms with Crippen molar-refractivity contribution in [3.63, 3.8) is 0 Å². The first-order valence-electron chi connectivity index (χ1n) is 39.9. The predicted molar refractivity (Wildman–Crippen MR) is 374 cm³/mol. The van der Waals surface area contributed by atoms with E-state index in [4.69, 9.17) is 18.9 Å². The number of aliphatic hydroxyl groups excluding tert-OH is 7. The van der Waals surface area contributed by atoms with Crippen molar-refractivity contribution in [3.05, 3.63) is 0 Å². The highest BCUT2D eigenvalue weighted by molar-refractivity contribution is 5.77. The van der Waals surface area contributed by atoms with Crippen LogP contribution in [0.2, 0.25) is 0 Å². The molecule has 0 unspecified atom stereocenters. The van der Waals surface area contributed by atoms with E-state index in [2.05, 4.69) is 20.8 Å². The van der Waals surface area contributed by atoms with Gasteiger partial charge in [0.05, 0.1) is 18.6 Å². The minimum atomic E-state index is -1.78. The second kappa shape index (κ2) is 60.5. The summed E-state index contributed by atoms with van der Waals surface area (Å²) in [6.07, 6.45) is 61.1. The van der Waals surface area contributed by atoms with E-state index in [-0.39, 0.29) is 0 Å². The fourth-order valence-corrected chi connectivity index (χ4v) is 14.3. The van der Waals surface area contributed by atoms with Gasteiger partial charge in [0.25, 0.3) is 0 Å². The summed E-state index contributed by atoms with van der Waals surface area (Å²) in [6, 6.07) is 0. The van der Waals surface area contributed by atoms with Crippen molar-refractivity contribution in [1.82, 2.24) is 0 Å². The Bertz CT molecular complexity index is 1470. The number of rotatable bonds is 67. The molecule has 0 spiro atoms. The summed E-state index contributed by atoms with van der Waals surface area (Å²) in [5.74, 6) is -0.446. The van der Waals surface area contributed by atoms with Gasteiger partial charge >= 0.3 is 5.97 Å². The molecule has 0 saturated carbocycles. The number of esters is 1. The van der Waals surface area contributed by atoms with E-state index in [9.17, 15) is 35.7 Å². The fraction of sp³-hybridized carbons (Fsp3) is 0.987. The zero-order valence-electron chi connectivity index (χ0n) is 59.5. The summed E-state index contributed by atoms with van der Waals surface area (Å²) in [5.41, 5.74) is -0.836. The Morgan fingerprint density at radius 3 is 0.733 bits per heavy atom. The van der Waals surface area contributed by atoms with E-state index in [0.717, 1.165) is 57.8 Å². The molecule has 2 saturated heterocycles. The molecular weight excluding hydrogens is 1130 g/mol. The lowest BCUT2D eigenvalue weighted by Crippen LogP contribution is -2.64. The SMILES string of the molecule is CCCCCCCCCCCCCCCCCCCCCCC(CCCCCCCCCCCCCCCCCCCC)(CCCCCCCCCCCCCCCCCCCCCC)C(=O)O[C@@H]1[C@@H](O)[C@@H](O[C@H]2O[C@H](CO)[C@@H](O)[C@H](O)[C@H]2O)O[C@H](CO)[C@H]1O. The van der Waals surface area contributed by atoms with Crippen LogP contribution in [-0.2, 0) is 23.7 Å². The summed E-state index contributed by atoms with van der Waals surface area (Å²) in [5, 5.41) is 75.5. The molecule has 0 aromatic rings. The molecule has 2 fully saturated rings. The Kier molecular flexibility index (Phi) is 57.2. The molecule has 0 aliphatic carbocycles. The summed E-state index contributed by atoms with van der Waals surface area (Å²) < 4.78 is 23.6. The van der Waals surface area contributed by atoms with Crippen LogP contribution in [0.25, 0.3) is 0 Å². The van der Waals surface area contributed by atoms with Gasteiger partial charge in [0.15, 0.2) is 18.7 Å². The highest BCUT2D eigenvalue weighted by Crippen LogP contribution is 2.41. The summed E-state index contributed by atoms with van der Waals surface area (Å²) in [6.45, 7) is 5.49. The number of hydrogen-bond acceptors (Lipinski definition) is 12. The standard InChI is InChI=1S/C78H152O12/c1-4-7-10-13-16-19-22-25-28-31-34-36-39-42-45-48-51-54-57-60-63-78(62-59-56-53-50-47-44-41-38-33-30-27-24-21-18-15-12-9-6-3,64-61-58-55-52-49-46-43-40-37-35-32-29-26-23-20-17-14-11-8-5-2)77(86)89-74-70(82)68(66-80)88-76(73(74)85)90-75-72(84)71(83)69(81)67(65-79)87-75/h67-76,79-85H,4-66H2,1-3H3/t67-,68-,69-,70-,71+,72-,73-,74+,75-,76-/m1/s1. The molecule has 7 N–H and O–H groups in total. The van der Waals surface area contributed by atoms with Crippen LogP contribution in [0.5, 0.6) is 0 Å². The molecule has 536 valence electrons. The monoisotopic (exact) mass is 1280 g/mol. The Hall–Kier alpha value is -0.930. The number of hydrogen-bond donors (Lipinski definition) is 7. The van der Waals surface area contributed by atoms with Crippen LogP contribution in [0.15, 0.2) is 0 Å². The van der Waals surface area contributed by atoms with Crippen molar-refractivity contribution in [2.45, 2.75) is 474 Å². The second-order valence-corrected chi connectivity index (χ2v) is 28.9. The molecule has 0 aromatic carbocycles. The Morgan fingerprint density at radius 1 is 0.289 bits per heavy atom. The molecule has 2 rings (SSSR count). The van der Waals surface area contributed by atoms with Gasteiger partial charge < -0.3 is 54.7 Å². The van der Waals surface area contributed by atoms with Gasteiger partial charge in [0.2, 0.25) is 0 Å². The first-order valence-corrected chi connectivity index (χ1v) is 39.9. The number of aliphatic hydroxyl groups is 7. The van der Waals surface area contributed by atoms with Gasteiger partial charge in [-0.15, -0.1) is 0 Å². The van der Waals surface area contributed by atoms with Crippen LogP contribution >= 0.6 is 0 Å². The molecule has 0 amide bonds. The lowest BCUT2D eigenvalue weighted by Gasteiger charge is -2.46. The van der Waals surface area contributed by atoms with E-state index < -0.39 is 86.0 Å². The molecule has 2 aliphatic rings. The Balaban J connectivity index is 2.06. The van der Waals surface area contributed by atoms with E-state index in [0.29, 0.717) is 19.3 Å². The van der Waals surface area contributed by atoms with Crippen LogP contribution in [0.3, 0.4) is 0 Å². The van der Waals surface area contributed by atoms with Crippen molar-refractivity contribution in [3.8, 4) is 0 Å². The highest BCUT2D eigenvalue weighted by atomic mass is 16.8. The van der Waals surface area contributed by atoms with Gasteiger partial charge in [-0.05, 0) is 19.3 Å². The molecule has 90 heavy (non-hydrogen) atoms. The topological polar surface area (TPSA) is 196 Å². The minimum absolute atomic E-state index is 0.446. The van der Waals surface area contributed by atoms with Gasteiger partial charge in [-0.25, -0.2) is 0 Å². The van der Waals surface area contributed by atoms with E-state index >= 15 is 4.79 Å². The maximum Gasteiger partial charge on any atom is 0.312 e. The quantitative estimate of drug-likeness (QED) is 0.0225. The van der Waals surface area contributed by atoms with E-state index in [1.165, 1.54) is 315 Å². The zero-order valence-corrected chi connectivity index (χ0v) is 59.5. The van der Waals surface area contributed by atoms with Crippen LogP contribution in [0.1, 0.15) is 412 Å². The van der Waals surface area contributed by atoms with E-state index in [1.54, 1.807) is 0 Å². The third kappa shape index (κ3) is 41.9. The number of ether oxygens (including phenoxy) is 4. The summed E-state index contributed by atoms with van der Waals surface area (Å²) in [7, 11) is 0. The van der Waals surface area contributed by atoms with Gasteiger partial charge in [-0.3, -0.25) is 4.79 Å². The Morgan fingerprint density at radius 2 is 0.500 bits per heavy atom. The zero-order chi connectivity index (χ0) is 65.2. The smallest absolute Gasteiger partial charge is 0.312 e. The first-order chi connectivity index (χ1) is 44.1. The molecule has 0 aromatic heterocycles. The summed E-state index contributed by atoms with van der Waals surface area (Å²) in [4.78, 5) is 15.3. The first kappa shape index (κ1) is 85.2. The van der Waals surface area contributed by atoms with Crippen LogP contribution in [0.4, 0.5) is 0 Å². The number of unbranched alkanes of at least 4 members (excludes halogenated alkanes) is 55. The Labute approximate surface area is 555 Å². The molecule has 12 nitrogen and oxygen atoms in total. The predicted octanol–water partition coefficient (Wildman–Crippen LogP) is 20.0. The van der Waals surface area contributed by atoms with Crippen molar-refractivity contribution < 1.29 is 59.5 Å². The molecule has 2 heterocycles. The maximum absolute atomic E-state index is 15.3. The average molecular weight is 1280 g/mol. The molecular formula is C78H152O12. The van der Waals surface area contributed by atoms with Crippen molar-refractivity contribution >= 4 is 5.97 Å². The van der Waals surface area contributed by atoms with Crippen LogP contribution in [-0.4, -0.2) is 116 Å². The number of carbonyl (C=O) groups excluding carboxylic acids is 1. The molecule has 2 aliphatic heterocycles. The highest BCUT2D eigenvalue weighted by Gasteiger charge is 2.52. The van der Waals surface area contributed by atoms with Crippen LogP contribution < -0.4 is 0 Å². The largest absolute Gasteiger partial charge is 0.456 e. The van der Waals surface area contributed by atoms with Crippen molar-refractivity contribution in [2.75, 3.05) is 13.2 Å². The fourth-order valence-electron chi connectivity index (χ4n) is 14.3. The third-order valence-corrected chi connectivity index (χ3v) is 20.6. The van der Waals surface area contributed by atoms with Gasteiger partial charge in [-0.1, -0.05) is 393 Å². The van der Waals surface area contributed by atoms with Crippen molar-refractivity contribution in [2.24, 2.45) is 5.41 Å². The second-order valence-electron chi connectivity index (χ2n) is 28.9. The maximum atomic E-state index is 15.3. The van der Waals surface area contributed by atoms with Gasteiger partial charge in [-0.2, -0.15) is 0 Å². The molecule has 0 radical (unpaired) electrons. The van der Waals surface area contributed by atoms with Gasteiger partial charge in [0.1, 0.15) is 42.7 Å². The lowest BCUT2D eigenvalue weighted by molar-refractivity contribution is -0.377. The molecule has 10 atom stereocenters. The normalized spacial score (nSPS) is 22.2. The van der Waals surface area contributed by atoms with Gasteiger partial charge in [0, 0.05) is 0 Å². The van der Waals surface area contributed by atoms with E-state index in [1.807, 2.05) is 0 Å². The average Bonchev–Trinajstić information content (AvgIpc) is 2.94. The minimum Gasteiger partial charge on any atom is -0.456 e. The summed E-state index contributed by atoms with van der Waals surface area (Å²) >= 11 is 0. The van der Waals surface area contributed by atoms with Crippen molar-refractivity contribution in [1.29, 1.82) is 0 Å². The van der Waals surface area contributed by atoms with Crippen LogP contribution in [0, 0.1) is 5.41 Å². The number of carbonyl (C=O) groups is 1. The third-order valence-electron chi connectivity index (χ3n) is 20.6. The lowest BCUT2D eigenvalue weighted by atomic mass is 9.73.